The summed E-state index contributed by atoms with van der Waals surface area (Å²) in [5, 5.41) is 0. The number of nitrogens with zero attached hydrogens (tertiary/aromatic N) is 1. The molecule has 1 aliphatic heterocycles. The molecule has 0 saturated carbocycles. The van der Waals surface area contributed by atoms with Crippen LogP contribution in [-0.4, -0.2) is 6.04 Å². The predicted molar refractivity (Wildman–Crippen MR) is 70.5 cm³/mol. The molecule has 2 rings (SSSR count). The standard InChI is InChI=1S/C15H21N/c1-4-15-13(3)10-12(2)11-16(15)14-8-6-5-7-9-14/h5-9,11,13,15H,4,10H2,1-3H3. The molecular weight excluding hydrogens is 194 g/mol. The third-order valence-corrected chi connectivity index (χ3v) is 3.49. The Bertz CT molecular complexity index is 366. The van der Waals surface area contributed by atoms with E-state index in [0.29, 0.717) is 6.04 Å². The van der Waals surface area contributed by atoms with Crippen molar-refractivity contribution in [2.24, 2.45) is 5.92 Å². The molecule has 1 aliphatic rings. The van der Waals surface area contributed by atoms with Gasteiger partial charge in [0, 0.05) is 17.9 Å². The van der Waals surface area contributed by atoms with Crippen LogP contribution in [0.1, 0.15) is 33.6 Å². The van der Waals surface area contributed by atoms with Crippen molar-refractivity contribution in [3.63, 3.8) is 0 Å². The van der Waals surface area contributed by atoms with Gasteiger partial charge in [-0.2, -0.15) is 0 Å². The molecule has 86 valence electrons. The molecule has 1 heterocycles. The molecule has 0 fully saturated rings. The Hall–Kier alpha value is -1.24. The van der Waals surface area contributed by atoms with Crippen LogP contribution in [0.25, 0.3) is 0 Å². The van der Waals surface area contributed by atoms with Gasteiger partial charge in [0.25, 0.3) is 0 Å². The van der Waals surface area contributed by atoms with E-state index >= 15 is 0 Å². The minimum atomic E-state index is 0.645. The average molecular weight is 215 g/mol. The Balaban J connectivity index is 2.33. The zero-order valence-electron chi connectivity index (χ0n) is 10.5. The molecule has 0 aromatic heterocycles. The first-order chi connectivity index (χ1) is 7.72. The lowest BCUT2D eigenvalue weighted by Gasteiger charge is -2.39. The van der Waals surface area contributed by atoms with Crippen molar-refractivity contribution in [1.29, 1.82) is 0 Å². The molecule has 0 spiro atoms. The summed E-state index contributed by atoms with van der Waals surface area (Å²) in [6.07, 6.45) is 4.77. The van der Waals surface area contributed by atoms with Crippen LogP contribution < -0.4 is 4.90 Å². The minimum Gasteiger partial charge on any atom is -0.345 e. The lowest BCUT2D eigenvalue weighted by Crippen LogP contribution is -2.39. The highest BCUT2D eigenvalue weighted by Crippen LogP contribution is 2.31. The molecule has 16 heavy (non-hydrogen) atoms. The monoisotopic (exact) mass is 215 g/mol. The Labute approximate surface area is 98.8 Å². The molecule has 1 aromatic rings. The molecule has 2 atom stereocenters. The van der Waals surface area contributed by atoms with E-state index in [2.05, 4.69) is 62.2 Å². The van der Waals surface area contributed by atoms with Gasteiger partial charge >= 0.3 is 0 Å². The molecule has 0 amide bonds. The summed E-state index contributed by atoms with van der Waals surface area (Å²) in [4.78, 5) is 2.45. The summed E-state index contributed by atoms with van der Waals surface area (Å²) in [6.45, 7) is 6.88. The van der Waals surface area contributed by atoms with E-state index in [0.717, 1.165) is 5.92 Å². The van der Waals surface area contributed by atoms with Crippen LogP contribution >= 0.6 is 0 Å². The number of rotatable bonds is 2. The van der Waals surface area contributed by atoms with Crippen molar-refractivity contribution in [2.75, 3.05) is 4.90 Å². The summed E-state index contributed by atoms with van der Waals surface area (Å²) >= 11 is 0. The molecular formula is C15H21N. The average Bonchev–Trinajstić information content (AvgIpc) is 2.29. The maximum Gasteiger partial charge on any atom is 0.0408 e. The van der Waals surface area contributed by atoms with Gasteiger partial charge in [0.2, 0.25) is 0 Å². The molecule has 1 heteroatoms. The van der Waals surface area contributed by atoms with E-state index in [4.69, 9.17) is 0 Å². The van der Waals surface area contributed by atoms with E-state index in [9.17, 15) is 0 Å². The van der Waals surface area contributed by atoms with Crippen LogP contribution in [0.15, 0.2) is 42.1 Å². The molecule has 1 aromatic carbocycles. The summed E-state index contributed by atoms with van der Waals surface area (Å²) in [6, 6.07) is 11.4. The Morgan fingerprint density at radius 1 is 1.25 bits per heavy atom. The fourth-order valence-corrected chi connectivity index (χ4v) is 2.77. The highest BCUT2D eigenvalue weighted by atomic mass is 15.2. The van der Waals surface area contributed by atoms with E-state index in [-0.39, 0.29) is 0 Å². The largest absolute Gasteiger partial charge is 0.345 e. The van der Waals surface area contributed by atoms with Crippen LogP contribution in [-0.2, 0) is 0 Å². The van der Waals surface area contributed by atoms with Gasteiger partial charge in [0.15, 0.2) is 0 Å². The molecule has 0 bridgehead atoms. The van der Waals surface area contributed by atoms with Crippen molar-refractivity contribution < 1.29 is 0 Å². The van der Waals surface area contributed by atoms with Gasteiger partial charge in [-0.05, 0) is 37.8 Å². The lowest BCUT2D eigenvalue weighted by molar-refractivity contribution is 0.414. The normalized spacial score (nSPS) is 25.4. The Kier molecular flexibility index (Phi) is 3.33. The van der Waals surface area contributed by atoms with E-state index in [1.165, 1.54) is 24.1 Å². The summed E-state index contributed by atoms with van der Waals surface area (Å²) < 4.78 is 0. The van der Waals surface area contributed by atoms with Gasteiger partial charge in [-0.15, -0.1) is 0 Å². The second-order valence-corrected chi connectivity index (χ2v) is 4.88. The molecule has 2 unspecified atom stereocenters. The molecule has 1 nitrogen and oxygen atoms in total. The van der Waals surface area contributed by atoms with Gasteiger partial charge in [0.1, 0.15) is 0 Å². The summed E-state index contributed by atoms with van der Waals surface area (Å²) in [5.41, 5.74) is 2.81. The number of para-hydroxylation sites is 1. The smallest absolute Gasteiger partial charge is 0.0408 e. The molecule has 0 saturated heterocycles. The summed E-state index contributed by atoms with van der Waals surface area (Å²) in [5.74, 6) is 0.746. The lowest BCUT2D eigenvalue weighted by atomic mass is 9.88. The fourth-order valence-electron chi connectivity index (χ4n) is 2.77. The minimum absolute atomic E-state index is 0.645. The van der Waals surface area contributed by atoms with Crippen molar-refractivity contribution in [3.05, 3.63) is 42.1 Å². The van der Waals surface area contributed by atoms with E-state index in [1.807, 2.05) is 0 Å². The molecule has 0 radical (unpaired) electrons. The van der Waals surface area contributed by atoms with Crippen molar-refractivity contribution >= 4 is 5.69 Å². The molecule has 0 N–H and O–H groups in total. The molecule has 0 aliphatic carbocycles. The maximum absolute atomic E-state index is 2.45. The van der Waals surface area contributed by atoms with Gasteiger partial charge in [-0.3, -0.25) is 0 Å². The third kappa shape index (κ3) is 2.13. The Morgan fingerprint density at radius 3 is 2.56 bits per heavy atom. The number of hydrogen-bond acceptors (Lipinski definition) is 1. The van der Waals surface area contributed by atoms with Crippen LogP contribution in [0.2, 0.25) is 0 Å². The van der Waals surface area contributed by atoms with Crippen LogP contribution in [0, 0.1) is 5.92 Å². The van der Waals surface area contributed by atoms with Crippen molar-refractivity contribution in [3.8, 4) is 0 Å². The van der Waals surface area contributed by atoms with Crippen LogP contribution in [0.5, 0.6) is 0 Å². The van der Waals surface area contributed by atoms with Crippen LogP contribution in [0.4, 0.5) is 5.69 Å². The highest BCUT2D eigenvalue weighted by molar-refractivity contribution is 5.51. The van der Waals surface area contributed by atoms with E-state index in [1.54, 1.807) is 0 Å². The topological polar surface area (TPSA) is 3.24 Å². The third-order valence-electron chi connectivity index (χ3n) is 3.49. The fraction of sp³-hybridized carbons (Fsp3) is 0.467. The second-order valence-electron chi connectivity index (χ2n) is 4.88. The van der Waals surface area contributed by atoms with Crippen molar-refractivity contribution in [1.82, 2.24) is 0 Å². The number of allylic oxidation sites excluding steroid dienone is 1. The second kappa shape index (κ2) is 4.73. The van der Waals surface area contributed by atoms with Crippen LogP contribution in [0.3, 0.4) is 0 Å². The predicted octanol–water partition coefficient (Wildman–Crippen LogP) is 4.22. The first-order valence-corrected chi connectivity index (χ1v) is 6.23. The first kappa shape index (κ1) is 11.3. The zero-order chi connectivity index (χ0) is 11.5. The highest BCUT2D eigenvalue weighted by Gasteiger charge is 2.26. The number of hydrogen-bond donors (Lipinski definition) is 0. The van der Waals surface area contributed by atoms with Gasteiger partial charge in [0.05, 0.1) is 0 Å². The maximum atomic E-state index is 2.45. The SMILES string of the molecule is CCC1C(C)CC(C)=CN1c1ccccc1. The summed E-state index contributed by atoms with van der Waals surface area (Å²) in [7, 11) is 0. The van der Waals surface area contributed by atoms with Gasteiger partial charge in [-0.25, -0.2) is 0 Å². The van der Waals surface area contributed by atoms with Crippen molar-refractivity contribution in [2.45, 2.75) is 39.7 Å². The quantitative estimate of drug-likeness (QED) is 0.714. The van der Waals surface area contributed by atoms with E-state index < -0.39 is 0 Å². The number of anilines is 1. The first-order valence-electron chi connectivity index (χ1n) is 6.23. The van der Waals surface area contributed by atoms with Gasteiger partial charge in [-0.1, -0.05) is 37.6 Å². The number of benzene rings is 1. The van der Waals surface area contributed by atoms with Gasteiger partial charge < -0.3 is 4.90 Å². The zero-order valence-corrected chi connectivity index (χ0v) is 10.5. The Morgan fingerprint density at radius 2 is 1.94 bits per heavy atom.